The van der Waals surface area contributed by atoms with E-state index in [4.69, 9.17) is 4.74 Å². The molecule has 4 nitrogen and oxygen atoms in total. The van der Waals surface area contributed by atoms with Crippen LogP contribution in [-0.2, 0) is 9.53 Å². The lowest BCUT2D eigenvalue weighted by Crippen LogP contribution is -2.35. The van der Waals surface area contributed by atoms with Gasteiger partial charge in [0.2, 0.25) is 0 Å². The van der Waals surface area contributed by atoms with Crippen molar-refractivity contribution in [3.05, 3.63) is 35.4 Å². The lowest BCUT2D eigenvalue weighted by atomic mass is 9.97. The summed E-state index contributed by atoms with van der Waals surface area (Å²) in [6.07, 6.45) is 4.60. The topological polar surface area (TPSA) is 58.6 Å². The van der Waals surface area contributed by atoms with Crippen molar-refractivity contribution in [2.75, 3.05) is 13.2 Å². The van der Waals surface area contributed by atoms with E-state index in [1.165, 1.54) is 18.4 Å². The number of aliphatic carboxylic acids is 1. The van der Waals surface area contributed by atoms with Gasteiger partial charge in [-0.25, -0.2) is 0 Å². The van der Waals surface area contributed by atoms with Crippen molar-refractivity contribution in [1.82, 2.24) is 5.32 Å². The van der Waals surface area contributed by atoms with Gasteiger partial charge >= 0.3 is 5.97 Å². The standard InChI is InChI=1S/C16H21NO3/c18-16(19)15(17-10-12-4-3-9-20-12)14-6-2-1-5-13(14)11-7-8-11/h1-2,5-6,11-12,15,17H,3-4,7-10H2,(H,18,19). The summed E-state index contributed by atoms with van der Waals surface area (Å²) in [5.74, 6) is -0.256. The highest BCUT2D eigenvalue weighted by atomic mass is 16.5. The molecule has 20 heavy (non-hydrogen) atoms. The van der Waals surface area contributed by atoms with Crippen LogP contribution in [0.15, 0.2) is 24.3 Å². The van der Waals surface area contributed by atoms with Gasteiger partial charge in [-0.2, -0.15) is 0 Å². The number of nitrogens with one attached hydrogen (secondary N) is 1. The third-order valence-corrected chi connectivity index (χ3v) is 4.14. The monoisotopic (exact) mass is 275 g/mol. The van der Waals surface area contributed by atoms with Crippen LogP contribution in [0.3, 0.4) is 0 Å². The fourth-order valence-electron chi connectivity index (χ4n) is 2.92. The van der Waals surface area contributed by atoms with E-state index in [0.717, 1.165) is 25.0 Å². The highest BCUT2D eigenvalue weighted by Gasteiger charge is 2.31. The van der Waals surface area contributed by atoms with Gasteiger partial charge in [-0.05, 0) is 42.7 Å². The van der Waals surface area contributed by atoms with Gasteiger partial charge in [0.25, 0.3) is 0 Å². The molecule has 1 aromatic rings. The summed E-state index contributed by atoms with van der Waals surface area (Å²) >= 11 is 0. The number of carboxylic acids is 1. The van der Waals surface area contributed by atoms with Crippen LogP contribution >= 0.6 is 0 Å². The van der Waals surface area contributed by atoms with Gasteiger partial charge in [-0.15, -0.1) is 0 Å². The molecule has 3 rings (SSSR count). The number of rotatable bonds is 6. The first-order valence-corrected chi connectivity index (χ1v) is 7.42. The number of carboxylic acid groups (broad SMARTS) is 1. The van der Waals surface area contributed by atoms with E-state index in [0.29, 0.717) is 12.5 Å². The lowest BCUT2D eigenvalue weighted by molar-refractivity contribution is -0.139. The summed E-state index contributed by atoms with van der Waals surface area (Å²) in [5.41, 5.74) is 2.11. The average molecular weight is 275 g/mol. The minimum absolute atomic E-state index is 0.157. The minimum atomic E-state index is -0.809. The summed E-state index contributed by atoms with van der Waals surface area (Å²) in [4.78, 5) is 11.6. The molecule has 1 aromatic carbocycles. The molecular formula is C16H21NO3. The molecule has 0 amide bonds. The first kappa shape index (κ1) is 13.6. The second kappa shape index (κ2) is 5.94. The summed E-state index contributed by atoms with van der Waals surface area (Å²) in [5, 5.41) is 12.7. The van der Waals surface area contributed by atoms with Crippen LogP contribution in [0.5, 0.6) is 0 Å². The number of ether oxygens (including phenoxy) is 1. The Morgan fingerprint density at radius 1 is 1.35 bits per heavy atom. The Bertz CT molecular complexity index is 478. The largest absolute Gasteiger partial charge is 0.480 e. The van der Waals surface area contributed by atoms with Crippen LogP contribution in [-0.4, -0.2) is 30.3 Å². The Balaban J connectivity index is 1.74. The Morgan fingerprint density at radius 3 is 2.80 bits per heavy atom. The van der Waals surface area contributed by atoms with Crippen molar-refractivity contribution in [2.45, 2.75) is 43.7 Å². The molecule has 2 unspecified atom stereocenters. The SMILES string of the molecule is O=C(O)C(NCC1CCCO1)c1ccccc1C1CC1. The Kier molecular flexibility index (Phi) is 4.03. The quantitative estimate of drug-likeness (QED) is 0.837. The van der Waals surface area contributed by atoms with Crippen molar-refractivity contribution in [3.8, 4) is 0 Å². The molecular weight excluding hydrogens is 254 g/mol. The van der Waals surface area contributed by atoms with E-state index in [-0.39, 0.29) is 6.10 Å². The van der Waals surface area contributed by atoms with E-state index in [1.54, 1.807) is 0 Å². The predicted octanol–water partition coefficient (Wildman–Crippen LogP) is 2.46. The van der Waals surface area contributed by atoms with Gasteiger partial charge in [-0.1, -0.05) is 24.3 Å². The van der Waals surface area contributed by atoms with Crippen molar-refractivity contribution >= 4 is 5.97 Å². The molecule has 0 radical (unpaired) electrons. The third-order valence-electron chi connectivity index (χ3n) is 4.14. The summed E-state index contributed by atoms with van der Waals surface area (Å²) in [7, 11) is 0. The molecule has 1 aliphatic heterocycles. The predicted molar refractivity (Wildman–Crippen MR) is 75.8 cm³/mol. The molecule has 1 saturated carbocycles. The molecule has 0 bridgehead atoms. The molecule has 4 heteroatoms. The highest BCUT2D eigenvalue weighted by Crippen LogP contribution is 2.42. The molecule has 2 atom stereocenters. The smallest absolute Gasteiger partial charge is 0.325 e. The maximum absolute atomic E-state index is 11.6. The molecule has 2 aliphatic rings. The molecule has 2 fully saturated rings. The molecule has 0 spiro atoms. The lowest BCUT2D eigenvalue weighted by Gasteiger charge is -2.20. The summed E-state index contributed by atoms with van der Waals surface area (Å²) in [6, 6.07) is 7.29. The van der Waals surface area contributed by atoms with E-state index >= 15 is 0 Å². The van der Waals surface area contributed by atoms with Crippen molar-refractivity contribution in [2.24, 2.45) is 0 Å². The second-order valence-electron chi connectivity index (χ2n) is 5.72. The third kappa shape index (κ3) is 3.02. The van der Waals surface area contributed by atoms with Crippen molar-refractivity contribution in [1.29, 1.82) is 0 Å². The van der Waals surface area contributed by atoms with E-state index in [1.807, 2.05) is 18.2 Å². The zero-order chi connectivity index (χ0) is 13.9. The zero-order valence-electron chi connectivity index (χ0n) is 11.5. The van der Waals surface area contributed by atoms with Gasteiger partial charge in [-0.3, -0.25) is 10.1 Å². The maximum Gasteiger partial charge on any atom is 0.325 e. The normalized spacial score (nSPS) is 23.7. The molecule has 108 valence electrons. The maximum atomic E-state index is 11.6. The zero-order valence-corrected chi connectivity index (χ0v) is 11.5. The Morgan fingerprint density at radius 2 is 2.15 bits per heavy atom. The number of carbonyl (C=O) groups is 1. The van der Waals surface area contributed by atoms with Crippen LogP contribution in [0.1, 0.15) is 48.8 Å². The first-order chi connectivity index (χ1) is 9.75. The van der Waals surface area contributed by atoms with Crippen LogP contribution in [0.2, 0.25) is 0 Å². The first-order valence-electron chi connectivity index (χ1n) is 7.42. The molecule has 1 saturated heterocycles. The van der Waals surface area contributed by atoms with Crippen LogP contribution in [0.25, 0.3) is 0 Å². The van der Waals surface area contributed by atoms with Gasteiger partial charge in [0.1, 0.15) is 6.04 Å². The van der Waals surface area contributed by atoms with Crippen molar-refractivity contribution < 1.29 is 14.6 Å². The number of hydrogen-bond acceptors (Lipinski definition) is 3. The minimum Gasteiger partial charge on any atom is -0.480 e. The molecule has 1 heterocycles. The van der Waals surface area contributed by atoms with Crippen LogP contribution in [0.4, 0.5) is 0 Å². The highest BCUT2D eigenvalue weighted by molar-refractivity contribution is 5.76. The second-order valence-corrected chi connectivity index (χ2v) is 5.72. The Hall–Kier alpha value is -1.39. The van der Waals surface area contributed by atoms with Gasteiger partial charge in [0.15, 0.2) is 0 Å². The Labute approximate surface area is 119 Å². The van der Waals surface area contributed by atoms with Crippen molar-refractivity contribution in [3.63, 3.8) is 0 Å². The van der Waals surface area contributed by atoms with Gasteiger partial charge in [0, 0.05) is 13.2 Å². The number of benzene rings is 1. The van der Waals surface area contributed by atoms with E-state index < -0.39 is 12.0 Å². The van der Waals surface area contributed by atoms with Crippen LogP contribution in [0, 0.1) is 0 Å². The fraction of sp³-hybridized carbons (Fsp3) is 0.562. The summed E-state index contributed by atoms with van der Waals surface area (Å²) in [6.45, 7) is 1.40. The van der Waals surface area contributed by atoms with E-state index in [2.05, 4.69) is 11.4 Å². The van der Waals surface area contributed by atoms with Crippen LogP contribution < -0.4 is 5.32 Å². The summed E-state index contributed by atoms with van der Waals surface area (Å²) < 4.78 is 5.55. The van der Waals surface area contributed by atoms with E-state index in [9.17, 15) is 9.90 Å². The molecule has 2 N–H and O–H groups in total. The average Bonchev–Trinajstić information content (AvgIpc) is 3.16. The van der Waals surface area contributed by atoms with Gasteiger partial charge in [0.05, 0.1) is 6.10 Å². The number of hydrogen-bond donors (Lipinski definition) is 2. The molecule has 0 aromatic heterocycles. The molecule has 1 aliphatic carbocycles. The fourth-order valence-corrected chi connectivity index (χ4v) is 2.92. The van der Waals surface area contributed by atoms with Gasteiger partial charge < -0.3 is 9.84 Å².